The van der Waals surface area contributed by atoms with E-state index in [1.807, 2.05) is 43.3 Å². The number of thioether (sulfide) groups is 1. The number of para-hydroxylation sites is 1. The molecule has 0 saturated carbocycles. The van der Waals surface area contributed by atoms with Crippen molar-refractivity contribution in [3.05, 3.63) is 53.2 Å². The number of amides is 1. The molecule has 0 bridgehead atoms. The van der Waals surface area contributed by atoms with Crippen molar-refractivity contribution in [3.63, 3.8) is 0 Å². The molecule has 2 heterocycles. The van der Waals surface area contributed by atoms with Crippen LogP contribution in [0.3, 0.4) is 0 Å². The largest absolute Gasteiger partial charge is 0.271 e. The van der Waals surface area contributed by atoms with Gasteiger partial charge in [0.15, 0.2) is 0 Å². The van der Waals surface area contributed by atoms with Gasteiger partial charge in [0.2, 0.25) is 0 Å². The number of aryl methyl sites for hydroxylation is 2. The van der Waals surface area contributed by atoms with Crippen LogP contribution in [0.15, 0.2) is 46.5 Å². The van der Waals surface area contributed by atoms with Gasteiger partial charge in [-0.25, -0.2) is 4.98 Å². The lowest BCUT2D eigenvalue weighted by Crippen LogP contribution is -2.29. The number of benzene rings is 1. The second kappa shape index (κ2) is 6.93. The minimum absolute atomic E-state index is 0.0953. The van der Waals surface area contributed by atoms with Crippen LogP contribution in [0.4, 0.5) is 5.69 Å². The van der Waals surface area contributed by atoms with Crippen LogP contribution in [0.5, 0.6) is 0 Å². The first-order chi connectivity index (χ1) is 12.7. The van der Waals surface area contributed by atoms with Crippen LogP contribution in [-0.2, 0) is 17.6 Å². The van der Waals surface area contributed by atoms with Crippen molar-refractivity contribution in [2.75, 3.05) is 5.01 Å². The number of hydrogen-bond donors (Lipinski definition) is 0. The molecule has 5 nitrogen and oxygen atoms in total. The fourth-order valence-electron chi connectivity index (χ4n) is 3.34. The molecule has 1 aromatic carbocycles. The Morgan fingerprint density at radius 2 is 2.00 bits per heavy atom. The minimum atomic E-state index is -0.448. The molecule has 0 radical (unpaired) electrons. The van der Waals surface area contributed by atoms with E-state index in [1.165, 1.54) is 22.3 Å². The van der Waals surface area contributed by atoms with Gasteiger partial charge in [-0.15, -0.1) is 0 Å². The Balaban J connectivity index is 1.63. The third kappa shape index (κ3) is 2.99. The molecule has 1 atom stereocenters. The lowest BCUT2D eigenvalue weighted by atomic mass is 9.95. The number of pyridine rings is 1. The van der Waals surface area contributed by atoms with E-state index in [0.717, 1.165) is 42.8 Å². The highest BCUT2D eigenvalue weighted by atomic mass is 32.2. The van der Waals surface area contributed by atoms with Crippen LogP contribution >= 0.6 is 11.8 Å². The summed E-state index contributed by atoms with van der Waals surface area (Å²) >= 11 is 1.33. The Labute approximate surface area is 156 Å². The number of nitriles is 1. The van der Waals surface area contributed by atoms with Crippen molar-refractivity contribution >= 4 is 29.1 Å². The molecular formula is C20H18N4OS. The lowest BCUT2D eigenvalue weighted by Gasteiger charge is -2.18. The van der Waals surface area contributed by atoms with Crippen molar-refractivity contribution in [1.82, 2.24) is 4.98 Å². The van der Waals surface area contributed by atoms with E-state index in [9.17, 15) is 10.1 Å². The predicted octanol–water partition coefficient (Wildman–Crippen LogP) is 3.72. The number of rotatable bonds is 3. The number of nitrogens with zero attached hydrogens (tertiary/aromatic N) is 4. The average Bonchev–Trinajstić information content (AvgIpc) is 2.96. The van der Waals surface area contributed by atoms with Crippen molar-refractivity contribution < 1.29 is 4.79 Å². The Morgan fingerprint density at radius 3 is 2.77 bits per heavy atom. The van der Waals surface area contributed by atoms with Gasteiger partial charge in [0.05, 0.1) is 17.0 Å². The molecule has 2 aromatic rings. The van der Waals surface area contributed by atoms with E-state index in [2.05, 4.69) is 11.2 Å². The number of fused-ring (bicyclic) bond motifs is 1. The summed E-state index contributed by atoms with van der Waals surface area (Å²) in [6.07, 6.45) is 4.19. The quantitative estimate of drug-likeness (QED) is 0.834. The summed E-state index contributed by atoms with van der Waals surface area (Å²) in [4.78, 5) is 17.6. The summed E-state index contributed by atoms with van der Waals surface area (Å²) in [7, 11) is 0. The standard InChI is InChI=1S/C20H18N4OS/c1-13-18(20(25)24(23-13)16-8-3-2-4-9-16)26-19-15(12-21)11-14-7-5-6-10-17(14)22-19/h2-4,8-9,11,18H,5-7,10H2,1H3/t18-/m0/s1. The van der Waals surface area contributed by atoms with Gasteiger partial charge in [0.1, 0.15) is 16.3 Å². The van der Waals surface area contributed by atoms with E-state index in [4.69, 9.17) is 4.98 Å². The lowest BCUT2D eigenvalue weighted by molar-refractivity contribution is -0.116. The van der Waals surface area contributed by atoms with Gasteiger partial charge in [-0.1, -0.05) is 30.0 Å². The second-order valence-electron chi connectivity index (χ2n) is 6.49. The molecule has 2 aliphatic rings. The van der Waals surface area contributed by atoms with Crippen LogP contribution < -0.4 is 5.01 Å². The van der Waals surface area contributed by atoms with Crippen molar-refractivity contribution in [2.45, 2.75) is 42.9 Å². The molecule has 0 N–H and O–H groups in total. The fourth-order valence-corrected chi connectivity index (χ4v) is 4.37. The summed E-state index contributed by atoms with van der Waals surface area (Å²) in [5.41, 5.74) is 4.27. The van der Waals surface area contributed by atoms with E-state index in [-0.39, 0.29) is 5.91 Å². The van der Waals surface area contributed by atoms with Crippen molar-refractivity contribution in [1.29, 1.82) is 5.26 Å². The maximum atomic E-state index is 12.9. The number of hydrazone groups is 1. The second-order valence-corrected chi connectivity index (χ2v) is 7.58. The Hall–Kier alpha value is -2.65. The Bertz CT molecular complexity index is 933. The van der Waals surface area contributed by atoms with Gasteiger partial charge in [0, 0.05) is 5.69 Å². The first kappa shape index (κ1) is 16.8. The first-order valence-electron chi connectivity index (χ1n) is 8.71. The number of aromatic nitrogens is 1. The summed E-state index contributed by atoms with van der Waals surface area (Å²) in [5.74, 6) is -0.0953. The maximum Gasteiger partial charge on any atom is 0.266 e. The van der Waals surface area contributed by atoms with E-state index in [0.29, 0.717) is 10.6 Å². The fraction of sp³-hybridized carbons (Fsp3) is 0.300. The maximum absolute atomic E-state index is 12.9. The molecule has 4 rings (SSSR count). The molecule has 0 unspecified atom stereocenters. The monoisotopic (exact) mass is 362 g/mol. The third-order valence-corrected chi connectivity index (χ3v) is 6.00. The molecule has 0 spiro atoms. The SMILES string of the molecule is CC1=NN(c2ccccc2)C(=O)[C@H]1Sc1nc2c(cc1C#N)CCCC2. The van der Waals surface area contributed by atoms with Gasteiger partial charge in [-0.2, -0.15) is 15.4 Å². The van der Waals surface area contributed by atoms with Crippen LogP contribution in [-0.4, -0.2) is 21.9 Å². The van der Waals surface area contributed by atoms with Gasteiger partial charge >= 0.3 is 0 Å². The predicted molar refractivity (Wildman–Crippen MR) is 102 cm³/mol. The molecule has 1 aliphatic heterocycles. The number of hydrogen-bond acceptors (Lipinski definition) is 5. The normalized spacial score (nSPS) is 19.1. The van der Waals surface area contributed by atoms with Crippen LogP contribution in [0, 0.1) is 11.3 Å². The first-order valence-corrected chi connectivity index (χ1v) is 9.59. The average molecular weight is 362 g/mol. The van der Waals surface area contributed by atoms with Crippen molar-refractivity contribution in [3.8, 4) is 6.07 Å². The summed E-state index contributed by atoms with van der Waals surface area (Å²) < 4.78 is 0. The van der Waals surface area contributed by atoms with Gasteiger partial charge in [-0.3, -0.25) is 4.79 Å². The minimum Gasteiger partial charge on any atom is -0.271 e. The molecule has 1 aliphatic carbocycles. The smallest absolute Gasteiger partial charge is 0.266 e. The molecule has 0 saturated heterocycles. The Kier molecular flexibility index (Phi) is 4.48. The number of anilines is 1. The van der Waals surface area contributed by atoms with Crippen molar-refractivity contribution in [2.24, 2.45) is 5.10 Å². The highest BCUT2D eigenvalue weighted by molar-refractivity contribution is 8.01. The molecule has 1 aromatic heterocycles. The molecule has 1 amide bonds. The highest BCUT2D eigenvalue weighted by Crippen LogP contribution is 2.34. The van der Waals surface area contributed by atoms with Gasteiger partial charge < -0.3 is 0 Å². The molecule has 26 heavy (non-hydrogen) atoms. The molecule has 130 valence electrons. The van der Waals surface area contributed by atoms with Crippen LogP contribution in [0.25, 0.3) is 0 Å². The summed E-state index contributed by atoms with van der Waals surface area (Å²) in [6.45, 7) is 1.85. The molecule has 6 heteroatoms. The van der Waals surface area contributed by atoms with E-state index in [1.54, 1.807) is 0 Å². The van der Waals surface area contributed by atoms with Gasteiger partial charge in [0.25, 0.3) is 5.91 Å². The molecular weight excluding hydrogens is 344 g/mol. The zero-order valence-corrected chi connectivity index (χ0v) is 15.3. The van der Waals surface area contributed by atoms with Crippen LogP contribution in [0.2, 0.25) is 0 Å². The summed E-state index contributed by atoms with van der Waals surface area (Å²) in [5, 5.41) is 15.6. The zero-order valence-electron chi connectivity index (χ0n) is 14.5. The zero-order chi connectivity index (χ0) is 18.1. The van der Waals surface area contributed by atoms with Crippen LogP contribution in [0.1, 0.15) is 36.6 Å². The Morgan fingerprint density at radius 1 is 1.23 bits per heavy atom. The summed E-state index contributed by atoms with van der Waals surface area (Å²) in [6, 6.07) is 13.6. The number of carbonyl (C=O) groups is 1. The third-order valence-electron chi connectivity index (χ3n) is 4.69. The highest BCUT2D eigenvalue weighted by Gasteiger charge is 2.36. The van der Waals surface area contributed by atoms with Gasteiger partial charge in [-0.05, 0) is 56.4 Å². The number of carbonyl (C=O) groups excluding carboxylic acids is 1. The molecule has 0 fully saturated rings. The topological polar surface area (TPSA) is 69.3 Å². The van der Waals surface area contributed by atoms with E-state index < -0.39 is 5.25 Å². The van der Waals surface area contributed by atoms with E-state index >= 15 is 0 Å².